The first-order valence-corrected chi connectivity index (χ1v) is 6.46. The Balaban J connectivity index is 2.03. The number of aliphatic hydroxyl groups is 1. The first-order chi connectivity index (χ1) is 9.60. The molecule has 5 N–H and O–H groups in total. The summed E-state index contributed by atoms with van der Waals surface area (Å²) in [5.41, 5.74) is 1.53. The number of aromatic nitrogens is 2. The van der Waals surface area contributed by atoms with E-state index in [0.29, 0.717) is 12.0 Å². The molecule has 2 unspecified atom stereocenters. The summed E-state index contributed by atoms with van der Waals surface area (Å²) in [4.78, 5) is 7.00. The molecule has 6 heteroatoms. The minimum atomic E-state index is -0.165. The number of benzene rings is 1. The van der Waals surface area contributed by atoms with Crippen molar-refractivity contribution < 1.29 is 15.3 Å². The highest BCUT2D eigenvalue weighted by Gasteiger charge is 2.16. The minimum absolute atomic E-state index is 0.0219. The first kappa shape index (κ1) is 14.4. The molecule has 0 saturated carbocycles. The number of nitrogens with one attached hydrogen (secondary N) is 2. The van der Waals surface area contributed by atoms with Gasteiger partial charge in [-0.15, -0.1) is 0 Å². The van der Waals surface area contributed by atoms with Crippen molar-refractivity contribution in [3.05, 3.63) is 42.0 Å². The third-order valence-corrected chi connectivity index (χ3v) is 3.20. The van der Waals surface area contributed by atoms with Crippen LogP contribution in [0.15, 0.2) is 30.7 Å². The normalized spacial score (nSPS) is 14.1. The number of imidazole rings is 1. The summed E-state index contributed by atoms with van der Waals surface area (Å²) < 4.78 is 0. The summed E-state index contributed by atoms with van der Waals surface area (Å²) in [6.07, 6.45) is 3.97. The van der Waals surface area contributed by atoms with Crippen LogP contribution >= 0.6 is 0 Å². The van der Waals surface area contributed by atoms with E-state index in [1.54, 1.807) is 18.6 Å². The first-order valence-electron chi connectivity index (χ1n) is 6.46. The van der Waals surface area contributed by atoms with Gasteiger partial charge in [0.2, 0.25) is 0 Å². The van der Waals surface area contributed by atoms with Crippen LogP contribution < -0.4 is 5.32 Å². The van der Waals surface area contributed by atoms with E-state index < -0.39 is 0 Å². The van der Waals surface area contributed by atoms with Crippen LogP contribution in [0.25, 0.3) is 0 Å². The van der Waals surface area contributed by atoms with Crippen molar-refractivity contribution in [2.24, 2.45) is 0 Å². The lowest BCUT2D eigenvalue weighted by Crippen LogP contribution is -2.36. The van der Waals surface area contributed by atoms with Crippen molar-refractivity contribution in [2.45, 2.75) is 25.4 Å². The van der Waals surface area contributed by atoms with Gasteiger partial charge in [0.1, 0.15) is 11.5 Å². The molecule has 0 aliphatic heterocycles. The molecule has 2 atom stereocenters. The number of rotatable bonds is 6. The number of hydrogen-bond acceptors (Lipinski definition) is 5. The van der Waals surface area contributed by atoms with Crippen molar-refractivity contribution in [3.8, 4) is 11.5 Å². The predicted octanol–water partition coefficient (Wildman–Crippen LogP) is 1.08. The van der Waals surface area contributed by atoms with Crippen LogP contribution in [0.5, 0.6) is 11.5 Å². The molecule has 0 bridgehead atoms. The fourth-order valence-electron chi connectivity index (χ4n) is 2.17. The SMILES string of the molecule is CC(NC(CO)Cc1c[nH]cn1)c1ccc(O)cc1O. The van der Waals surface area contributed by atoms with E-state index in [1.807, 2.05) is 6.92 Å². The zero-order valence-corrected chi connectivity index (χ0v) is 11.2. The summed E-state index contributed by atoms with van der Waals surface area (Å²) in [5.74, 6) is 0.0511. The number of phenolic OH excluding ortho intramolecular Hbond substituents is 2. The van der Waals surface area contributed by atoms with E-state index in [0.717, 1.165) is 5.69 Å². The summed E-state index contributed by atoms with van der Waals surface area (Å²) in [7, 11) is 0. The second-order valence-corrected chi connectivity index (χ2v) is 4.78. The van der Waals surface area contributed by atoms with Crippen molar-refractivity contribution in [2.75, 3.05) is 6.61 Å². The molecule has 0 saturated heterocycles. The molecular formula is C14H19N3O3. The molecule has 20 heavy (non-hydrogen) atoms. The standard InChI is InChI=1S/C14H19N3O3/c1-9(13-3-2-12(19)5-14(13)20)17-11(7-18)4-10-6-15-8-16-10/h2-3,5-6,8-9,11,17-20H,4,7H2,1H3,(H,15,16). The van der Waals surface area contributed by atoms with Gasteiger partial charge in [-0.1, -0.05) is 6.07 Å². The number of nitrogens with zero attached hydrogens (tertiary/aromatic N) is 1. The summed E-state index contributed by atoms with van der Waals surface area (Å²) in [5, 5.41) is 31.8. The molecule has 0 spiro atoms. The summed E-state index contributed by atoms with van der Waals surface area (Å²) >= 11 is 0. The van der Waals surface area contributed by atoms with Crippen LogP contribution in [-0.2, 0) is 6.42 Å². The van der Waals surface area contributed by atoms with Crippen LogP contribution in [0.4, 0.5) is 0 Å². The largest absolute Gasteiger partial charge is 0.508 e. The zero-order chi connectivity index (χ0) is 14.5. The van der Waals surface area contributed by atoms with Gasteiger partial charge in [0.15, 0.2) is 0 Å². The predicted molar refractivity (Wildman–Crippen MR) is 74.5 cm³/mol. The Hall–Kier alpha value is -2.05. The number of hydrogen-bond donors (Lipinski definition) is 5. The fourth-order valence-corrected chi connectivity index (χ4v) is 2.17. The Morgan fingerprint density at radius 3 is 2.75 bits per heavy atom. The topological polar surface area (TPSA) is 101 Å². The minimum Gasteiger partial charge on any atom is -0.508 e. The van der Waals surface area contributed by atoms with Crippen molar-refractivity contribution in [1.82, 2.24) is 15.3 Å². The number of aromatic amines is 1. The van der Waals surface area contributed by atoms with Crippen LogP contribution in [0.3, 0.4) is 0 Å². The van der Waals surface area contributed by atoms with Gasteiger partial charge in [-0.05, 0) is 13.0 Å². The maximum absolute atomic E-state index is 9.82. The smallest absolute Gasteiger partial charge is 0.124 e. The third-order valence-electron chi connectivity index (χ3n) is 3.20. The number of phenols is 2. The molecule has 0 aliphatic carbocycles. The van der Waals surface area contributed by atoms with Crippen LogP contribution in [0, 0.1) is 0 Å². The van der Waals surface area contributed by atoms with Gasteiger partial charge in [0.05, 0.1) is 18.6 Å². The van der Waals surface area contributed by atoms with E-state index in [4.69, 9.17) is 0 Å². The molecule has 6 nitrogen and oxygen atoms in total. The van der Waals surface area contributed by atoms with E-state index in [2.05, 4.69) is 15.3 Å². The lowest BCUT2D eigenvalue weighted by atomic mass is 10.0. The van der Waals surface area contributed by atoms with Gasteiger partial charge < -0.3 is 25.6 Å². The number of H-pyrrole nitrogens is 1. The van der Waals surface area contributed by atoms with Crippen LogP contribution in [-0.4, -0.2) is 37.9 Å². The van der Waals surface area contributed by atoms with Gasteiger partial charge in [0, 0.05) is 36.3 Å². The van der Waals surface area contributed by atoms with Crippen molar-refractivity contribution in [3.63, 3.8) is 0 Å². The Bertz CT molecular complexity index is 543. The highest BCUT2D eigenvalue weighted by Crippen LogP contribution is 2.28. The van der Waals surface area contributed by atoms with Crippen LogP contribution in [0.2, 0.25) is 0 Å². The highest BCUT2D eigenvalue weighted by atomic mass is 16.3. The molecule has 0 radical (unpaired) electrons. The Labute approximate surface area is 117 Å². The van der Waals surface area contributed by atoms with Gasteiger partial charge in [-0.2, -0.15) is 0 Å². The van der Waals surface area contributed by atoms with Gasteiger partial charge in [-0.25, -0.2) is 4.98 Å². The molecule has 2 rings (SSSR count). The molecule has 0 aliphatic rings. The van der Waals surface area contributed by atoms with Gasteiger partial charge >= 0.3 is 0 Å². The Morgan fingerprint density at radius 1 is 1.35 bits per heavy atom. The molecule has 1 heterocycles. The molecule has 1 aromatic carbocycles. The van der Waals surface area contributed by atoms with Crippen molar-refractivity contribution in [1.29, 1.82) is 0 Å². The summed E-state index contributed by atoms with van der Waals surface area (Å²) in [6.45, 7) is 1.86. The van der Waals surface area contributed by atoms with Crippen LogP contribution in [0.1, 0.15) is 24.2 Å². The summed E-state index contributed by atoms with van der Waals surface area (Å²) in [6, 6.07) is 4.16. The van der Waals surface area contributed by atoms with Gasteiger partial charge in [-0.3, -0.25) is 0 Å². The van der Waals surface area contributed by atoms with E-state index in [9.17, 15) is 15.3 Å². The second kappa shape index (κ2) is 6.40. The number of aromatic hydroxyl groups is 2. The van der Waals surface area contributed by atoms with Crippen molar-refractivity contribution >= 4 is 0 Å². The molecule has 0 amide bonds. The zero-order valence-electron chi connectivity index (χ0n) is 11.2. The third kappa shape index (κ3) is 3.49. The maximum Gasteiger partial charge on any atom is 0.124 e. The Kier molecular flexibility index (Phi) is 4.60. The molecule has 2 aromatic rings. The monoisotopic (exact) mass is 277 g/mol. The average molecular weight is 277 g/mol. The number of aliphatic hydroxyl groups excluding tert-OH is 1. The maximum atomic E-state index is 9.82. The molecule has 0 fully saturated rings. The quantitative estimate of drug-likeness (QED) is 0.544. The van der Waals surface area contributed by atoms with E-state index >= 15 is 0 Å². The molecular weight excluding hydrogens is 258 g/mol. The fraction of sp³-hybridized carbons (Fsp3) is 0.357. The molecule has 1 aromatic heterocycles. The lowest BCUT2D eigenvalue weighted by Gasteiger charge is -2.22. The average Bonchev–Trinajstić information content (AvgIpc) is 2.90. The Morgan fingerprint density at radius 2 is 2.15 bits per heavy atom. The van der Waals surface area contributed by atoms with Gasteiger partial charge in [0.25, 0.3) is 0 Å². The van der Waals surface area contributed by atoms with E-state index in [-0.39, 0.29) is 30.2 Å². The molecule has 108 valence electrons. The highest BCUT2D eigenvalue weighted by molar-refractivity contribution is 5.40. The van der Waals surface area contributed by atoms with E-state index in [1.165, 1.54) is 12.1 Å². The lowest BCUT2D eigenvalue weighted by molar-refractivity contribution is 0.231. The second-order valence-electron chi connectivity index (χ2n) is 4.78.